The molecule has 0 aliphatic rings. The second-order valence-electron chi connectivity index (χ2n) is 4.44. The van der Waals surface area contributed by atoms with Crippen LogP contribution in [-0.4, -0.2) is 35.1 Å². The molecule has 0 spiro atoms. The second-order valence-corrected chi connectivity index (χ2v) is 10.2. The molecule has 0 saturated heterocycles. The Labute approximate surface area is 153 Å². The number of thiophene rings is 1. The predicted octanol–water partition coefficient (Wildman–Crippen LogP) is 2.13. The van der Waals surface area contributed by atoms with E-state index in [1.165, 1.54) is 30.3 Å². The number of anilines is 1. The quantitative estimate of drug-likeness (QED) is 0.622. The van der Waals surface area contributed by atoms with Gasteiger partial charge in [-0.25, -0.2) is 21.6 Å². The van der Waals surface area contributed by atoms with Crippen LogP contribution in [0, 0.1) is 0 Å². The lowest BCUT2D eigenvalue weighted by Gasteiger charge is -2.08. The summed E-state index contributed by atoms with van der Waals surface area (Å²) in [6.07, 6.45) is 0. The van der Waals surface area contributed by atoms with Gasteiger partial charge in [0.25, 0.3) is 10.0 Å². The number of aliphatic hydroxyl groups is 1. The maximum Gasteiger partial charge on any atom is 0.271 e. The van der Waals surface area contributed by atoms with Gasteiger partial charge in [0.15, 0.2) is 0 Å². The first-order valence-electron chi connectivity index (χ1n) is 6.34. The number of hydrogen-bond donors (Lipinski definition) is 3. The number of halogens is 2. The summed E-state index contributed by atoms with van der Waals surface area (Å²) in [5.74, 6) is 0. The Balaban J connectivity index is 2.20. The van der Waals surface area contributed by atoms with E-state index in [1.54, 1.807) is 0 Å². The van der Waals surface area contributed by atoms with E-state index in [1.807, 2.05) is 0 Å². The molecule has 0 aliphatic carbocycles. The van der Waals surface area contributed by atoms with Crippen LogP contribution in [0.2, 0.25) is 9.36 Å². The van der Waals surface area contributed by atoms with Crippen LogP contribution < -0.4 is 9.44 Å². The zero-order valence-corrected chi connectivity index (χ0v) is 15.8. The third-order valence-electron chi connectivity index (χ3n) is 2.71. The SMILES string of the molecule is O=S(=O)(NCCO)c1ccc(NS(=O)(=O)c2cc(Cl)c(Cl)s2)cc1. The van der Waals surface area contributed by atoms with E-state index in [0.717, 1.165) is 11.3 Å². The zero-order chi connectivity index (χ0) is 18.0. The average molecular weight is 431 g/mol. The number of rotatable bonds is 7. The molecular weight excluding hydrogens is 419 g/mol. The fourth-order valence-electron chi connectivity index (χ4n) is 1.63. The van der Waals surface area contributed by atoms with Crippen LogP contribution in [-0.2, 0) is 20.0 Å². The Bertz CT molecular complexity index is 905. The molecule has 0 bridgehead atoms. The largest absolute Gasteiger partial charge is 0.395 e. The number of aliphatic hydroxyl groups excluding tert-OH is 1. The first-order chi connectivity index (χ1) is 11.2. The summed E-state index contributed by atoms with van der Waals surface area (Å²) in [5, 5.41) is 8.79. The summed E-state index contributed by atoms with van der Waals surface area (Å²) >= 11 is 12.3. The predicted molar refractivity (Wildman–Crippen MR) is 93.9 cm³/mol. The molecule has 12 heteroatoms. The molecule has 24 heavy (non-hydrogen) atoms. The molecule has 7 nitrogen and oxygen atoms in total. The van der Waals surface area contributed by atoms with E-state index in [2.05, 4.69) is 9.44 Å². The van der Waals surface area contributed by atoms with Crippen LogP contribution >= 0.6 is 34.5 Å². The maximum atomic E-state index is 12.2. The number of benzene rings is 1. The standard InChI is InChI=1S/C12H12Cl2N2O5S3/c13-10-7-11(22-12(10)14)24(20,21)16-8-1-3-9(4-2-8)23(18,19)15-5-6-17/h1-4,7,15-17H,5-6H2. The fourth-order valence-corrected chi connectivity index (χ4v) is 5.59. The molecule has 0 amide bonds. The normalized spacial score (nSPS) is 12.3. The van der Waals surface area contributed by atoms with E-state index >= 15 is 0 Å². The summed E-state index contributed by atoms with van der Waals surface area (Å²) in [6, 6.07) is 6.33. The third kappa shape index (κ3) is 4.60. The van der Waals surface area contributed by atoms with Crippen LogP contribution in [0.1, 0.15) is 0 Å². The molecule has 1 aromatic heterocycles. The molecule has 0 fully saturated rings. The molecule has 132 valence electrons. The highest BCUT2D eigenvalue weighted by molar-refractivity contribution is 7.94. The Morgan fingerprint density at radius 3 is 2.17 bits per heavy atom. The van der Waals surface area contributed by atoms with Crippen LogP contribution in [0.15, 0.2) is 39.4 Å². The van der Waals surface area contributed by atoms with Crippen molar-refractivity contribution < 1.29 is 21.9 Å². The summed E-state index contributed by atoms with van der Waals surface area (Å²) in [6.45, 7) is -0.445. The molecular formula is C12H12Cl2N2O5S3. The minimum absolute atomic E-state index is 0.0545. The highest BCUT2D eigenvalue weighted by Crippen LogP contribution is 2.35. The Kier molecular flexibility index (Phi) is 6.13. The van der Waals surface area contributed by atoms with Crippen LogP contribution in [0.25, 0.3) is 0 Å². The summed E-state index contributed by atoms with van der Waals surface area (Å²) in [7, 11) is -7.63. The molecule has 1 heterocycles. The molecule has 2 rings (SSSR count). The first-order valence-corrected chi connectivity index (χ1v) is 10.9. The van der Waals surface area contributed by atoms with Gasteiger partial charge in [-0.2, -0.15) is 0 Å². The topological polar surface area (TPSA) is 113 Å². The van der Waals surface area contributed by atoms with Gasteiger partial charge >= 0.3 is 0 Å². The van der Waals surface area contributed by atoms with Crippen molar-refractivity contribution in [3.63, 3.8) is 0 Å². The van der Waals surface area contributed by atoms with Crippen LogP contribution in [0.5, 0.6) is 0 Å². The molecule has 1 aromatic carbocycles. The zero-order valence-electron chi connectivity index (χ0n) is 11.9. The van der Waals surface area contributed by atoms with Crippen molar-refractivity contribution in [3.05, 3.63) is 39.7 Å². The van der Waals surface area contributed by atoms with E-state index in [-0.39, 0.29) is 37.3 Å². The summed E-state index contributed by atoms with van der Waals surface area (Å²) in [4.78, 5) is -0.0545. The number of hydrogen-bond acceptors (Lipinski definition) is 6. The van der Waals surface area contributed by atoms with Crippen molar-refractivity contribution in [3.8, 4) is 0 Å². The van der Waals surface area contributed by atoms with Gasteiger partial charge < -0.3 is 5.11 Å². The van der Waals surface area contributed by atoms with Gasteiger partial charge in [0.2, 0.25) is 10.0 Å². The van der Waals surface area contributed by atoms with Gasteiger partial charge in [0.1, 0.15) is 8.55 Å². The molecule has 3 N–H and O–H groups in total. The first kappa shape index (κ1) is 19.4. The molecule has 0 radical (unpaired) electrons. The summed E-state index contributed by atoms with van der Waals surface area (Å²) in [5.41, 5.74) is 0.178. The van der Waals surface area contributed by atoms with Crippen LogP contribution in [0.3, 0.4) is 0 Å². The molecule has 2 aromatic rings. The Hall–Kier alpha value is -0.880. The van der Waals surface area contributed by atoms with Crippen molar-refractivity contribution in [2.24, 2.45) is 0 Å². The lowest BCUT2D eigenvalue weighted by Crippen LogP contribution is -2.26. The molecule has 0 aliphatic heterocycles. The van der Waals surface area contributed by atoms with Gasteiger partial charge in [0.05, 0.1) is 16.5 Å². The van der Waals surface area contributed by atoms with Crippen molar-refractivity contribution in [2.75, 3.05) is 17.9 Å². The highest BCUT2D eigenvalue weighted by Gasteiger charge is 2.20. The van der Waals surface area contributed by atoms with E-state index in [9.17, 15) is 16.8 Å². The number of sulfonamides is 2. The second kappa shape index (κ2) is 7.56. The molecule has 0 saturated carbocycles. The lowest BCUT2D eigenvalue weighted by atomic mass is 10.3. The molecule has 0 unspecified atom stereocenters. The smallest absolute Gasteiger partial charge is 0.271 e. The van der Waals surface area contributed by atoms with E-state index in [0.29, 0.717) is 0 Å². The summed E-state index contributed by atoms with van der Waals surface area (Å²) < 4.78 is 52.7. The average Bonchev–Trinajstić information content (AvgIpc) is 2.86. The minimum atomic E-state index is -3.88. The van der Waals surface area contributed by atoms with Gasteiger partial charge in [0, 0.05) is 12.2 Å². The molecule has 0 atom stereocenters. The van der Waals surface area contributed by atoms with Crippen molar-refractivity contribution in [1.82, 2.24) is 4.72 Å². The van der Waals surface area contributed by atoms with Crippen molar-refractivity contribution >= 4 is 60.3 Å². The fraction of sp³-hybridized carbons (Fsp3) is 0.167. The van der Waals surface area contributed by atoms with Gasteiger partial charge in [-0.1, -0.05) is 23.2 Å². The van der Waals surface area contributed by atoms with Gasteiger partial charge in [-0.05, 0) is 30.3 Å². The minimum Gasteiger partial charge on any atom is -0.395 e. The van der Waals surface area contributed by atoms with Gasteiger partial charge in [-0.15, -0.1) is 11.3 Å². The Morgan fingerprint density at radius 1 is 1.04 bits per heavy atom. The van der Waals surface area contributed by atoms with Crippen molar-refractivity contribution in [2.45, 2.75) is 9.10 Å². The third-order valence-corrected chi connectivity index (χ3v) is 7.91. The maximum absolute atomic E-state index is 12.2. The Morgan fingerprint density at radius 2 is 1.67 bits per heavy atom. The van der Waals surface area contributed by atoms with E-state index in [4.69, 9.17) is 28.3 Å². The van der Waals surface area contributed by atoms with Gasteiger partial charge in [-0.3, -0.25) is 4.72 Å². The van der Waals surface area contributed by atoms with Crippen LogP contribution in [0.4, 0.5) is 5.69 Å². The number of nitrogens with one attached hydrogen (secondary N) is 2. The highest BCUT2D eigenvalue weighted by atomic mass is 35.5. The van der Waals surface area contributed by atoms with Crippen molar-refractivity contribution in [1.29, 1.82) is 0 Å². The lowest BCUT2D eigenvalue weighted by molar-refractivity contribution is 0.301. The monoisotopic (exact) mass is 430 g/mol. The van der Waals surface area contributed by atoms with E-state index < -0.39 is 20.0 Å².